The first-order chi connectivity index (χ1) is 61.3. The second-order valence-corrected chi connectivity index (χ2v) is 32.2. The normalized spacial score (nSPS) is 11.6. The van der Waals surface area contributed by atoms with Crippen molar-refractivity contribution in [2.45, 2.75) is 0 Å². The number of nitrogens with zero attached hydrogens (tertiary/aromatic N) is 1. The Hall–Kier alpha value is -16.1. The van der Waals surface area contributed by atoms with Crippen molar-refractivity contribution in [3.05, 3.63) is 429 Å². The zero-order valence-electron chi connectivity index (χ0n) is 66.7. The van der Waals surface area contributed by atoms with E-state index in [0.717, 1.165) is 209 Å². The molecule has 0 fully saturated rings. The lowest BCUT2D eigenvalue weighted by molar-refractivity contribution is 0.668. The molecule has 0 aliphatic heterocycles. The summed E-state index contributed by atoms with van der Waals surface area (Å²) in [6, 6.07) is 148. The van der Waals surface area contributed by atoms with Crippen LogP contribution in [-0.4, -0.2) is 0 Å². The third kappa shape index (κ3) is 13.7. The molecule has 0 aliphatic rings. The Morgan fingerprint density at radius 2 is 0.387 bits per heavy atom. The molecule has 10 heteroatoms. The summed E-state index contributed by atoms with van der Waals surface area (Å²) in [6.45, 7) is 0. The molecule has 0 saturated carbocycles. The summed E-state index contributed by atoms with van der Waals surface area (Å²) >= 11 is 3.61. The SMILES string of the molecule is Brc1ccc(N(c2ccc(-c3ccc4oc5ccccc5c4c3)cc2)c2ccc(-c3cccc4c3oc3ccccc34)cc2)cc1.c1ccc2c(c1)oc1ccc(-c3ccc(Nc4ccc(-c5ccc6oc7ccccc7c6c5)cc4)cc3)cc12.c1ccc2c(c1)oc1ccc(-c3ccc(Nc4ccc(-c5cccc6c5oc5ccccc56)cc4)cc3)cc12. The quantitative estimate of drug-likeness (QED) is 0.117. The Kier molecular flexibility index (Phi) is 18.2. The average Bonchev–Trinajstić information content (AvgIpc) is 1.50. The molecule has 0 unspecified atom stereocenters. The first-order valence-electron chi connectivity index (χ1n) is 41.5. The summed E-state index contributed by atoms with van der Waals surface area (Å²) in [5.74, 6) is 0. The van der Waals surface area contributed by atoms with Crippen molar-refractivity contribution < 1.29 is 26.5 Å². The molecule has 586 valence electrons. The molecule has 0 atom stereocenters. The van der Waals surface area contributed by atoms with Crippen molar-refractivity contribution >= 4 is 187 Å². The molecule has 124 heavy (non-hydrogen) atoms. The fraction of sp³-hybridized carbons (Fsp3) is 0. The number of furan rings is 6. The molecule has 6 heterocycles. The van der Waals surface area contributed by atoms with Crippen molar-refractivity contribution in [3.8, 4) is 66.8 Å². The topological polar surface area (TPSA) is 106 Å². The van der Waals surface area contributed by atoms with Crippen LogP contribution in [0.4, 0.5) is 39.8 Å². The lowest BCUT2D eigenvalue weighted by atomic mass is 10.0. The van der Waals surface area contributed by atoms with Gasteiger partial charge < -0.3 is 42.0 Å². The molecule has 6 aromatic heterocycles. The van der Waals surface area contributed by atoms with Gasteiger partial charge in [0.15, 0.2) is 0 Å². The highest BCUT2D eigenvalue weighted by Gasteiger charge is 2.20. The predicted octanol–water partition coefficient (Wildman–Crippen LogP) is 34.2. The maximum atomic E-state index is 6.33. The number of fused-ring (bicyclic) bond motifs is 18. The molecule has 25 rings (SSSR count). The Labute approximate surface area is 720 Å². The highest BCUT2D eigenvalue weighted by Crippen LogP contribution is 2.44. The maximum Gasteiger partial charge on any atom is 0.143 e. The molecular weight excluding hydrogens is 1590 g/mol. The highest BCUT2D eigenvalue weighted by molar-refractivity contribution is 9.10. The van der Waals surface area contributed by atoms with E-state index in [4.69, 9.17) is 26.5 Å². The van der Waals surface area contributed by atoms with Crippen LogP contribution >= 0.6 is 15.9 Å². The summed E-state index contributed by atoms with van der Waals surface area (Å²) in [5, 5.41) is 20.8. The molecule has 0 aliphatic carbocycles. The molecule has 19 aromatic carbocycles. The number of halogens is 1. The monoisotopic (exact) mass is 1660 g/mol. The largest absolute Gasteiger partial charge is 0.456 e. The Balaban J connectivity index is 0.000000108. The number of para-hydroxylation sites is 8. The Bertz CT molecular complexity index is 8170. The molecule has 0 amide bonds. The second kappa shape index (κ2) is 30.9. The fourth-order valence-electron chi connectivity index (χ4n) is 17.5. The van der Waals surface area contributed by atoms with Crippen LogP contribution in [0.2, 0.25) is 0 Å². The fourth-order valence-corrected chi connectivity index (χ4v) is 17.8. The van der Waals surface area contributed by atoms with Crippen LogP contribution in [0.1, 0.15) is 0 Å². The number of hydrogen-bond donors (Lipinski definition) is 2. The highest BCUT2D eigenvalue weighted by atomic mass is 79.9. The number of rotatable bonds is 13. The molecule has 2 N–H and O–H groups in total. The lowest BCUT2D eigenvalue weighted by Crippen LogP contribution is -2.09. The van der Waals surface area contributed by atoms with Crippen molar-refractivity contribution in [3.63, 3.8) is 0 Å². The molecule has 25 aromatic rings. The molecular formula is C114H72BrN3O6. The minimum atomic E-state index is 0.906. The van der Waals surface area contributed by atoms with E-state index in [1.807, 2.05) is 72.8 Å². The van der Waals surface area contributed by atoms with Crippen molar-refractivity contribution in [2.75, 3.05) is 15.5 Å². The van der Waals surface area contributed by atoms with Gasteiger partial charge >= 0.3 is 0 Å². The van der Waals surface area contributed by atoms with E-state index in [0.29, 0.717) is 0 Å². The number of anilines is 7. The standard InChI is InChI=1S/C42H26BrNO2.2C36H23NO2/c43-30-17-23-33(24-18-30)44(31-19-12-27(13-20-31)29-16-25-41-38(26-29)36-7-2-3-10-39(36)45-41)32-21-14-28(15-22-32)34-8-5-9-37-35-6-1-4-11-40(35)46-42(34)37;1-4-11-34-29(6-1)31-9-5-8-28(36(31)39-34)24-14-19-27(20-15-24)37-26-17-12-23(13-18-26)25-16-21-35-32(22-25)30-7-2-3-10-33(30)38-35;1-3-7-33-29(5-1)31-21-25(13-19-35(31)38-33)23-9-15-27(16-10-23)37-28-17-11-24(12-18-28)26-14-20-36-32(22-26)30-6-2-4-8-34(30)39-36/h1-26H;2*1-22,37H. The average molecular weight is 1660 g/mol. The number of benzene rings is 19. The zero-order valence-corrected chi connectivity index (χ0v) is 68.3. The van der Waals surface area contributed by atoms with E-state index < -0.39 is 0 Å². The van der Waals surface area contributed by atoms with Gasteiger partial charge in [-0.2, -0.15) is 0 Å². The van der Waals surface area contributed by atoms with Gasteiger partial charge in [0.2, 0.25) is 0 Å². The Morgan fingerprint density at radius 3 is 0.685 bits per heavy atom. The lowest BCUT2D eigenvalue weighted by Gasteiger charge is -2.26. The molecule has 0 saturated heterocycles. The van der Waals surface area contributed by atoms with E-state index in [9.17, 15) is 0 Å². The van der Waals surface area contributed by atoms with Gasteiger partial charge in [0.1, 0.15) is 67.0 Å². The van der Waals surface area contributed by atoms with Crippen LogP contribution in [0.15, 0.2) is 456 Å². The van der Waals surface area contributed by atoms with Crippen LogP contribution in [0.25, 0.3) is 198 Å². The zero-order chi connectivity index (χ0) is 82.1. The van der Waals surface area contributed by atoms with Crippen LogP contribution in [0, 0.1) is 0 Å². The van der Waals surface area contributed by atoms with Gasteiger partial charge in [0.25, 0.3) is 0 Å². The van der Waals surface area contributed by atoms with Crippen molar-refractivity contribution in [1.82, 2.24) is 0 Å². The maximum absolute atomic E-state index is 6.33. The van der Waals surface area contributed by atoms with Crippen molar-refractivity contribution in [1.29, 1.82) is 0 Å². The first-order valence-corrected chi connectivity index (χ1v) is 42.3. The van der Waals surface area contributed by atoms with E-state index in [1.165, 1.54) is 33.4 Å². The van der Waals surface area contributed by atoms with Crippen LogP contribution < -0.4 is 15.5 Å². The minimum Gasteiger partial charge on any atom is -0.456 e. The Morgan fingerprint density at radius 1 is 0.169 bits per heavy atom. The van der Waals surface area contributed by atoms with Crippen molar-refractivity contribution in [2.24, 2.45) is 0 Å². The van der Waals surface area contributed by atoms with Gasteiger partial charge in [-0.3, -0.25) is 0 Å². The smallest absolute Gasteiger partial charge is 0.143 e. The van der Waals surface area contributed by atoms with Gasteiger partial charge in [-0.05, 0) is 238 Å². The predicted molar refractivity (Wildman–Crippen MR) is 517 cm³/mol. The summed E-state index contributed by atoms with van der Waals surface area (Å²) in [5.41, 5.74) is 32.2. The van der Waals surface area contributed by atoms with E-state index >= 15 is 0 Å². The second-order valence-electron chi connectivity index (χ2n) is 31.3. The molecule has 0 radical (unpaired) electrons. The van der Waals surface area contributed by atoms with Gasteiger partial charge in [0, 0.05) is 120 Å². The van der Waals surface area contributed by atoms with E-state index in [1.54, 1.807) is 0 Å². The van der Waals surface area contributed by atoms with E-state index in [2.05, 4.69) is 383 Å². The summed E-state index contributed by atoms with van der Waals surface area (Å²) in [7, 11) is 0. The molecule has 0 bridgehead atoms. The van der Waals surface area contributed by atoms with Gasteiger partial charge in [-0.25, -0.2) is 0 Å². The first kappa shape index (κ1) is 73.0. The summed E-state index contributed by atoms with van der Waals surface area (Å²) < 4.78 is 37.6. The van der Waals surface area contributed by atoms with Gasteiger partial charge in [-0.1, -0.05) is 259 Å². The van der Waals surface area contributed by atoms with Crippen LogP contribution in [0.5, 0.6) is 0 Å². The van der Waals surface area contributed by atoms with Gasteiger partial charge in [0.05, 0.1) is 0 Å². The molecule has 9 nitrogen and oxygen atoms in total. The van der Waals surface area contributed by atoms with Crippen LogP contribution in [0.3, 0.4) is 0 Å². The van der Waals surface area contributed by atoms with E-state index in [-0.39, 0.29) is 0 Å². The third-order valence-corrected chi connectivity index (χ3v) is 24.3. The summed E-state index contributed by atoms with van der Waals surface area (Å²) in [6.07, 6.45) is 0. The van der Waals surface area contributed by atoms with Gasteiger partial charge in [-0.15, -0.1) is 0 Å². The minimum absolute atomic E-state index is 0.906. The summed E-state index contributed by atoms with van der Waals surface area (Å²) in [4.78, 5) is 2.29. The number of nitrogens with one attached hydrogen (secondary N) is 2. The third-order valence-electron chi connectivity index (χ3n) is 23.7. The van der Waals surface area contributed by atoms with Crippen LogP contribution in [-0.2, 0) is 0 Å². The molecule has 0 spiro atoms. The number of hydrogen-bond acceptors (Lipinski definition) is 9.